The van der Waals surface area contributed by atoms with Crippen molar-refractivity contribution < 1.29 is 4.79 Å². The maximum Gasteiger partial charge on any atom is 0.140 e. The van der Waals surface area contributed by atoms with E-state index in [9.17, 15) is 4.79 Å². The third kappa shape index (κ3) is 1.68. The second-order valence-corrected chi connectivity index (χ2v) is 5.52. The molecule has 0 amide bonds. The predicted octanol–water partition coefficient (Wildman–Crippen LogP) is 3.12. The number of carbonyl (C=O) groups excluding carboxylic acids is 1. The number of hydrogen-bond donors (Lipinski definition) is 0. The van der Waals surface area contributed by atoms with Crippen LogP contribution in [0.2, 0.25) is 0 Å². The molecule has 0 bridgehead atoms. The molecule has 1 fully saturated rings. The first-order chi connectivity index (χ1) is 6.48. The van der Waals surface area contributed by atoms with E-state index in [1.807, 2.05) is 6.08 Å². The number of carbonyl (C=O) groups is 1. The second-order valence-electron chi connectivity index (χ2n) is 5.52. The van der Waals surface area contributed by atoms with Crippen LogP contribution in [0.15, 0.2) is 24.3 Å². The first-order valence-corrected chi connectivity index (χ1v) is 5.37. The summed E-state index contributed by atoms with van der Waals surface area (Å²) >= 11 is 0. The van der Waals surface area contributed by atoms with Gasteiger partial charge in [0.1, 0.15) is 5.78 Å². The van der Waals surface area contributed by atoms with Gasteiger partial charge in [-0.25, -0.2) is 0 Å². The molecule has 0 N–H and O–H groups in total. The Morgan fingerprint density at radius 3 is 2.93 bits per heavy atom. The van der Waals surface area contributed by atoms with Crippen molar-refractivity contribution in [3.63, 3.8) is 0 Å². The van der Waals surface area contributed by atoms with Crippen LogP contribution in [0.4, 0.5) is 0 Å². The van der Waals surface area contributed by atoms with Crippen molar-refractivity contribution in [2.45, 2.75) is 33.1 Å². The molecular formula is C13H18O. The maximum atomic E-state index is 11.9. The molecule has 2 aliphatic carbocycles. The average Bonchev–Trinajstić information content (AvgIpc) is 2.00. The van der Waals surface area contributed by atoms with E-state index in [0.29, 0.717) is 11.7 Å². The lowest BCUT2D eigenvalue weighted by Crippen LogP contribution is -2.37. The summed E-state index contributed by atoms with van der Waals surface area (Å²) in [6, 6.07) is 0. The fraction of sp³-hybridized carbons (Fsp3) is 0.615. The Bertz CT molecular complexity index is 309. The SMILES string of the molecule is C=C1C=C[C@@H]2C(=O)CC(C)(C)C[C@@H]2C1. The summed E-state index contributed by atoms with van der Waals surface area (Å²) in [5.74, 6) is 1.13. The lowest BCUT2D eigenvalue weighted by molar-refractivity contribution is -0.128. The van der Waals surface area contributed by atoms with Gasteiger partial charge in [-0.1, -0.05) is 38.2 Å². The fourth-order valence-corrected chi connectivity index (χ4v) is 2.87. The molecule has 0 saturated heterocycles. The summed E-state index contributed by atoms with van der Waals surface area (Å²) in [5, 5.41) is 0. The Hall–Kier alpha value is -0.850. The van der Waals surface area contributed by atoms with Gasteiger partial charge < -0.3 is 0 Å². The highest BCUT2D eigenvalue weighted by Crippen LogP contribution is 2.44. The average molecular weight is 190 g/mol. The number of Topliss-reactive ketones (excluding diaryl/α,β-unsaturated/α-hetero) is 1. The zero-order chi connectivity index (χ0) is 10.3. The largest absolute Gasteiger partial charge is 0.299 e. The first-order valence-electron chi connectivity index (χ1n) is 5.37. The van der Waals surface area contributed by atoms with Crippen molar-refractivity contribution in [3.05, 3.63) is 24.3 Å². The van der Waals surface area contributed by atoms with Gasteiger partial charge in [0.15, 0.2) is 0 Å². The van der Waals surface area contributed by atoms with Crippen molar-refractivity contribution in [3.8, 4) is 0 Å². The summed E-state index contributed by atoms with van der Waals surface area (Å²) < 4.78 is 0. The topological polar surface area (TPSA) is 17.1 Å². The van der Waals surface area contributed by atoms with Crippen molar-refractivity contribution >= 4 is 5.78 Å². The molecular weight excluding hydrogens is 172 g/mol. The zero-order valence-corrected chi connectivity index (χ0v) is 9.05. The molecule has 0 aromatic carbocycles. The van der Waals surface area contributed by atoms with Gasteiger partial charge in [0, 0.05) is 12.3 Å². The van der Waals surface area contributed by atoms with E-state index in [1.54, 1.807) is 0 Å². The maximum absolute atomic E-state index is 11.9. The van der Waals surface area contributed by atoms with Gasteiger partial charge in [0.25, 0.3) is 0 Å². The van der Waals surface area contributed by atoms with Crippen LogP contribution in [0.3, 0.4) is 0 Å². The van der Waals surface area contributed by atoms with E-state index < -0.39 is 0 Å². The van der Waals surface area contributed by atoms with E-state index in [-0.39, 0.29) is 11.3 Å². The molecule has 1 saturated carbocycles. The van der Waals surface area contributed by atoms with E-state index in [4.69, 9.17) is 0 Å². The third-order valence-corrected chi connectivity index (χ3v) is 3.41. The molecule has 2 rings (SSSR count). The minimum Gasteiger partial charge on any atom is -0.299 e. The number of ketones is 1. The van der Waals surface area contributed by atoms with Gasteiger partial charge in [0.2, 0.25) is 0 Å². The van der Waals surface area contributed by atoms with Crippen LogP contribution in [0.25, 0.3) is 0 Å². The molecule has 1 nitrogen and oxygen atoms in total. The normalized spacial score (nSPS) is 35.6. The van der Waals surface area contributed by atoms with Gasteiger partial charge in [-0.05, 0) is 24.2 Å². The quantitative estimate of drug-likeness (QED) is 0.573. The van der Waals surface area contributed by atoms with Crippen LogP contribution in [-0.2, 0) is 4.79 Å². The Balaban J connectivity index is 2.24. The highest BCUT2D eigenvalue weighted by molar-refractivity contribution is 5.84. The lowest BCUT2D eigenvalue weighted by Gasteiger charge is -2.40. The Morgan fingerprint density at radius 1 is 1.50 bits per heavy atom. The molecule has 14 heavy (non-hydrogen) atoms. The Kier molecular flexibility index (Phi) is 2.13. The standard InChI is InChI=1S/C13H18O/c1-9-4-5-11-10(6-9)7-13(2,3)8-12(11)14/h4-5,10-11H,1,6-8H2,2-3H3/t10-,11-/m0/s1. The Morgan fingerprint density at radius 2 is 2.21 bits per heavy atom. The molecule has 2 aliphatic rings. The van der Waals surface area contributed by atoms with Gasteiger partial charge in [-0.15, -0.1) is 0 Å². The van der Waals surface area contributed by atoms with Gasteiger partial charge in [-0.2, -0.15) is 0 Å². The molecule has 0 aromatic rings. The molecule has 76 valence electrons. The number of hydrogen-bond acceptors (Lipinski definition) is 1. The molecule has 0 spiro atoms. The minimum atomic E-state index is 0.188. The molecule has 0 unspecified atom stereocenters. The van der Waals surface area contributed by atoms with Crippen LogP contribution in [0.5, 0.6) is 0 Å². The predicted molar refractivity (Wildman–Crippen MR) is 57.9 cm³/mol. The fourth-order valence-electron chi connectivity index (χ4n) is 2.87. The summed E-state index contributed by atoms with van der Waals surface area (Å²) in [4.78, 5) is 11.9. The van der Waals surface area contributed by atoms with Crippen LogP contribution < -0.4 is 0 Å². The van der Waals surface area contributed by atoms with Crippen molar-refractivity contribution in [1.82, 2.24) is 0 Å². The van der Waals surface area contributed by atoms with Crippen molar-refractivity contribution in [2.24, 2.45) is 17.3 Å². The van der Waals surface area contributed by atoms with Crippen molar-refractivity contribution in [2.75, 3.05) is 0 Å². The van der Waals surface area contributed by atoms with Crippen LogP contribution in [0.1, 0.15) is 33.1 Å². The molecule has 0 aliphatic heterocycles. The van der Waals surface area contributed by atoms with Gasteiger partial charge >= 0.3 is 0 Å². The zero-order valence-electron chi connectivity index (χ0n) is 9.05. The van der Waals surface area contributed by atoms with Gasteiger partial charge in [-0.3, -0.25) is 4.79 Å². The van der Waals surface area contributed by atoms with E-state index in [0.717, 1.165) is 19.3 Å². The summed E-state index contributed by atoms with van der Waals surface area (Å²) in [7, 11) is 0. The monoisotopic (exact) mass is 190 g/mol. The van der Waals surface area contributed by atoms with Crippen molar-refractivity contribution in [1.29, 1.82) is 0 Å². The second kappa shape index (κ2) is 3.08. The molecule has 2 atom stereocenters. The van der Waals surface area contributed by atoms with Crippen LogP contribution >= 0.6 is 0 Å². The summed E-state index contributed by atoms with van der Waals surface area (Å²) in [5.41, 5.74) is 1.38. The number of allylic oxidation sites excluding steroid dienone is 3. The van der Waals surface area contributed by atoms with Crippen LogP contribution in [-0.4, -0.2) is 5.78 Å². The first kappa shape index (κ1) is 9.70. The Labute approximate surface area is 85.9 Å². The minimum absolute atomic E-state index is 0.188. The number of rotatable bonds is 0. The highest BCUT2D eigenvalue weighted by atomic mass is 16.1. The molecule has 0 heterocycles. The third-order valence-electron chi connectivity index (χ3n) is 3.41. The van der Waals surface area contributed by atoms with Crippen LogP contribution in [0, 0.1) is 17.3 Å². The lowest BCUT2D eigenvalue weighted by atomic mass is 9.63. The molecule has 0 aromatic heterocycles. The highest BCUT2D eigenvalue weighted by Gasteiger charge is 2.40. The number of fused-ring (bicyclic) bond motifs is 1. The van der Waals surface area contributed by atoms with E-state index >= 15 is 0 Å². The molecule has 1 heteroatoms. The molecule has 0 radical (unpaired) electrons. The van der Waals surface area contributed by atoms with E-state index in [1.165, 1.54) is 5.57 Å². The smallest absolute Gasteiger partial charge is 0.140 e. The van der Waals surface area contributed by atoms with E-state index in [2.05, 4.69) is 26.5 Å². The summed E-state index contributed by atoms with van der Waals surface area (Å²) in [6.45, 7) is 8.37. The summed E-state index contributed by atoms with van der Waals surface area (Å²) in [6.07, 6.45) is 7.00. The van der Waals surface area contributed by atoms with Gasteiger partial charge in [0.05, 0.1) is 0 Å².